The van der Waals surface area contributed by atoms with Crippen molar-refractivity contribution in [3.05, 3.63) is 10.5 Å². The number of aromatic nitrogens is 3. The van der Waals surface area contributed by atoms with Gasteiger partial charge in [0.15, 0.2) is 5.16 Å². The van der Waals surface area contributed by atoms with E-state index >= 15 is 0 Å². The minimum atomic E-state index is -0.901. The minimum absolute atomic E-state index is 0.0760. The first-order valence-electron chi connectivity index (χ1n) is 6.59. The number of aliphatic carboxylic acids is 1. The monoisotopic (exact) mass is 285 g/mol. The van der Waals surface area contributed by atoms with Gasteiger partial charge in [-0.1, -0.05) is 31.5 Å². The van der Waals surface area contributed by atoms with Crippen molar-refractivity contribution in [2.75, 3.05) is 5.75 Å². The van der Waals surface area contributed by atoms with Gasteiger partial charge in [0.25, 0.3) is 0 Å². The van der Waals surface area contributed by atoms with E-state index in [1.807, 2.05) is 0 Å². The molecule has 1 aromatic rings. The molecule has 0 aliphatic heterocycles. The lowest BCUT2D eigenvalue weighted by Gasteiger charge is -2.16. The van der Waals surface area contributed by atoms with Gasteiger partial charge in [-0.05, 0) is 25.2 Å². The maximum Gasteiger partial charge on any atom is 0.344 e. The summed E-state index contributed by atoms with van der Waals surface area (Å²) in [6.07, 6.45) is 5.32. The van der Waals surface area contributed by atoms with Crippen molar-refractivity contribution >= 4 is 17.7 Å². The van der Waals surface area contributed by atoms with Crippen LogP contribution in [0.3, 0.4) is 0 Å². The van der Waals surface area contributed by atoms with Crippen LogP contribution in [0.1, 0.15) is 45.1 Å². The van der Waals surface area contributed by atoms with Gasteiger partial charge in [-0.15, -0.1) is 5.10 Å². The molecule has 1 saturated carbocycles. The molecule has 1 aromatic heterocycles. The van der Waals surface area contributed by atoms with Gasteiger partial charge >= 0.3 is 11.7 Å². The molecule has 1 fully saturated rings. The highest BCUT2D eigenvalue weighted by atomic mass is 32.2. The SMILES string of the molecule is CC1CCCC(n2c(SCC(=O)O)n[nH]c2=O)CC1. The highest BCUT2D eigenvalue weighted by molar-refractivity contribution is 7.99. The Morgan fingerprint density at radius 1 is 1.47 bits per heavy atom. The van der Waals surface area contributed by atoms with Crippen LogP contribution in [0.4, 0.5) is 0 Å². The molecule has 2 unspecified atom stereocenters. The van der Waals surface area contributed by atoms with Gasteiger partial charge in [-0.25, -0.2) is 9.89 Å². The zero-order valence-electron chi connectivity index (χ0n) is 11.0. The summed E-state index contributed by atoms with van der Waals surface area (Å²) in [5.41, 5.74) is -0.229. The van der Waals surface area contributed by atoms with Crippen LogP contribution < -0.4 is 5.69 Å². The topological polar surface area (TPSA) is 88.0 Å². The van der Waals surface area contributed by atoms with Gasteiger partial charge in [-0.2, -0.15) is 0 Å². The molecular weight excluding hydrogens is 266 g/mol. The first-order valence-corrected chi connectivity index (χ1v) is 7.58. The van der Waals surface area contributed by atoms with E-state index < -0.39 is 5.97 Å². The standard InChI is InChI=1S/C12H19N3O3S/c1-8-3-2-4-9(6-5-8)15-11(18)13-14-12(15)19-7-10(16)17/h8-9H,2-7H2,1H3,(H,13,18)(H,16,17). The fraction of sp³-hybridized carbons (Fsp3) is 0.750. The number of aromatic amines is 1. The zero-order chi connectivity index (χ0) is 13.8. The number of hydrogen-bond acceptors (Lipinski definition) is 4. The summed E-state index contributed by atoms with van der Waals surface area (Å²) in [5.74, 6) is -0.280. The van der Waals surface area contributed by atoms with Crippen molar-refractivity contribution in [1.82, 2.24) is 14.8 Å². The molecule has 0 spiro atoms. The van der Waals surface area contributed by atoms with E-state index in [4.69, 9.17) is 5.11 Å². The third-order valence-corrected chi connectivity index (χ3v) is 4.53. The Labute approximate surface area is 115 Å². The van der Waals surface area contributed by atoms with Gasteiger partial charge in [0, 0.05) is 6.04 Å². The molecule has 1 aliphatic carbocycles. The van der Waals surface area contributed by atoms with Crippen LogP contribution in [-0.4, -0.2) is 31.6 Å². The molecule has 0 radical (unpaired) electrons. The second-order valence-electron chi connectivity index (χ2n) is 5.13. The summed E-state index contributed by atoms with van der Waals surface area (Å²) in [5, 5.41) is 15.6. The molecule has 2 rings (SSSR count). The lowest BCUT2D eigenvalue weighted by atomic mass is 10.0. The molecular formula is C12H19N3O3S. The Morgan fingerprint density at radius 2 is 2.26 bits per heavy atom. The number of carboxylic acid groups (broad SMARTS) is 1. The van der Waals surface area contributed by atoms with Crippen molar-refractivity contribution in [2.24, 2.45) is 5.92 Å². The molecule has 106 valence electrons. The molecule has 7 heteroatoms. The molecule has 1 aliphatic rings. The molecule has 19 heavy (non-hydrogen) atoms. The average molecular weight is 285 g/mol. The number of H-pyrrole nitrogens is 1. The Bertz CT molecular complexity index is 497. The molecule has 0 bridgehead atoms. The smallest absolute Gasteiger partial charge is 0.344 e. The van der Waals surface area contributed by atoms with Crippen LogP contribution in [0.2, 0.25) is 0 Å². The third kappa shape index (κ3) is 3.62. The number of carbonyl (C=O) groups is 1. The number of hydrogen-bond donors (Lipinski definition) is 2. The Morgan fingerprint density at radius 3 is 3.00 bits per heavy atom. The van der Waals surface area contributed by atoms with Crippen LogP contribution in [0, 0.1) is 5.92 Å². The maximum atomic E-state index is 11.9. The predicted octanol–water partition coefficient (Wildman–Crippen LogP) is 1.89. The van der Waals surface area contributed by atoms with Gasteiger partial charge < -0.3 is 5.11 Å². The Hall–Kier alpha value is -1.24. The van der Waals surface area contributed by atoms with Crippen molar-refractivity contribution in [3.8, 4) is 0 Å². The Balaban J connectivity index is 2.15. The summed E-state index contributed by atoms with van der Waals surface area (Å²) in [6, 6.07) is 0.146. The summed E-state index contributed by atoms with van der Waals surface area (Å²) in [7, 11) is 0. The first kappa shape index (κ1) is 14.2. The second-order valence-corrected chi connectivity index (χ2v) is 6.07. The van der Waals surface area contributed by atoms with Crippen molar-refractivity contribution in [2.45, 2.75) is 50.2 Å². The van der Waals surface area contributed by atoms with Crippen molar-refractivity contribution in [3.63, 3.8) is 0 Å². The normalized spacial score (nSPS) is 24.1. The second kappa shape index (κ2) is 6.27. The maximum absolute atomic E-state index is 11.9. The molecule has 6 nitrogen and oxygen atoms in total. The van der Waals surface area contributed by atoms with E-state index in [9.17, 15) is 9.59 Å². The molecule has 2 atom stereocenters. The van der Waals surface area contributed by atoms with Crippen molar-refractivity contribution < 1.29 is 9.90 Å². The molecule has 1 heterocycles. The van der Waals surface area contributed by atoms with Crippen LogP contribution >= 0.6 is 11.8 Å². The number of nitrogens with zero attached hydrogens (tertiary/aromatic N) is 2. The van der Waals surface area contributed by atoms with E-state index in [1.54, 1.807) is 4.57 Å². The summed E-state index contributed by atoms with van der Waals surface area (Å²) < 4.78 is 1.64. The van der Waals surface area contributed by atoms with Crippen LogP contribution in [0.5, 0.6) is 0 Å². The minimum Gasteiger partial charge on any atom is -0.481 e. The highest BCUT2D eigenvalue weighted by Crippen LogP contribution is 2.31. The molecule has 2 N–H and O–H groups in total. The quantitative estimate of drug-likeness (QED) is 0.651. The molecule has 0 aromatic carbocycles. The van der Waals surface area contributed by atoms with Crippen molar-refractivity contribution in [1.29, 1.82) is 0 Å². The molecule has 0 saturated heterocycles. The van der Waals surface area contributed by atoms with E-state index in [2.05, 4.69) is 17.1 Å². The highest BCUT2D eigenvalue weighted by Gasteiger charge is 2.22. The van der Waals surface area contributed by atoms with E-state index in [1.165, 1.54) is 6.42 Å². The number of carboxylic acids is 1. The Kier molecular flexibility index (Phi) is 4.68. The molecule has 0 amide bonds. The van der Waals surface area contributed by atoms with E-state index in [0.29, 0.717) is 11.1 Å². The lowest BCUT2D eigenvalue weighted by molar-refractivity contribution is -0.133. The zero-order valence-corrected chi connectivity index (χ0v) is 11.8. The predicted molar refractivity (Wildman–Crippen MR) is 72.5 cm³/mol. The van der Waals surface area contributed by atoms with Gasteiger partial charge in [0.05, 0.1) is 5.75 Å². The van der Waals surface area contributed by atoms with Crippen LogP contribution in [0.25, 0.3) is 0 Å². The average Bonchev–Trinajstić information content (AvgIpc) is 2.58. The summed E-state index contributed by atoms with van der Waals surface area (Å²) >= 11 is 1.10. The van der Waals surface area contributed by atoms with E-state index in [-0.39, 0.29) is 17.5 Å². The summed E-state index contributed by atoms with van der Waals surface area (Å²) in [6.45, 7) is 2.24. The summed E-state index contributed by atoms with van der Waals surface area (Å²) in [4.78, 5) is 22.5. The number of nitrogens with one attached hydrogen (secondary N) is 1. The van der Waals surface area contributed by atoms with E-state index in [0.717, 1.165) is 37.4 Å². The largest absolute Gasteiger partial charge is 0.481 e. The van der Waals surface area contributed by atoms with Gasteiger partial charge in [-0.3, -0.25) is 9.36 Å². The van der Waals surface area contributed by atoms with Gasteiger partial charge in [0.2, 0.25) is 0 Å². The number of rotatable bonds is 4. The van der Waals surface area contributed by atoms with Crippen LogP contribution in [-0.2, 0) is 4.79 Å². The number of thioether (sulfide) groups is 1. The van der Waals surface area contributed by atoms with Gasteiger partial charge in [0.1, 0.15) is 0 Å². The fourth-order valence-corrected chi connectivity index (χ4v) is 3.30. The first-order chi connectivity index (χ1) is 9.08. The third-order valence-electron chi connectivity index (χ3n) is 3.59. The van der Waals surface area contributed by atoms with Crippen LogP contribution in [0.15, 0.2) is 9.95 Å². The lowest BCUT2D eigenvalue weighted by Crippen LogP contribution is -2.23. The fourth-order valence-electron chi connectivity index (χ4n) is 2.57.